The zero-order valence-electron chi connectivity index (χ0n) is 12.7. The number of hydrogen-bond donors (Lipinski definition) is 3. The van der Waals surface area contributed by atoms with Crippen LogP contribution in [-0.2, 0) is 0 Å². The fraction of sp³-hybridized carbons (Fsp3) is 0. The van der Waals surface area contributed by atoms with Crippen molar-refractivity contribution in [2.45, 2.75) is 0 Å². The van der Waals surface area contributed by atoms with Crippen molar-refractivity contribution in [3.63, 3.8) is 0 Å². The fourth-order valence-electron chi connectivity index (χ4n) is 2.40. The van der Waals surface area contributed by atoms with Crippen LogP contribution in [0.4, 0.5) is 5.69 Å². The van der Waals surface area contributed by atoms with E-state index in [0.717, 1.165) is 9.86 Å². The highest BCUT2D eigenvalue weighted by atomic mass is 79.9. The smallest absolute Gasteiger partial charge is 0.258 e. The van der Waals surface area contributed by atoms with Crippen LogP contribution in [0.3, 0.4) is 0 Å². The maximum absolute atomic E-state index is 12.4. The third-order valence-electron chi connectivity index (χ3n) is 3.55. The number of carbonyl (C=O) groups is 1. The number of anilines is 1. The lowest BCUT2D eigenvalue weighted by molar-refractivity contribution is 0.0978. The van der Waals surface area contributed by atoms with E-state index in [-0.39, 0.29) is 10.9 Å². The van der Waals surface area contributed by atoms with E-state index in [1.54, 1.807) is 42.5 Å². The zero-order valence-corrected chi connectivity index (χ0v) is 15.9. The number of halogens is 2. The maximum Gasteiger partial charge on any atom is 0.258 e. The molecule has 3 aromatic rings. The SMILES string of the molecule is O=C(NC(=S)Nc1cccc2c(O)cccc12)c1cc(Br)ccc1Cl. The molecule has 0 aliphatic carbocycles. The van der Waals surface area contributed by atoms with E-state index in [4.69, 9.17) is 23.8 Å². The number of aromatic hydroxyl groups is 1. The Labute approximate surface area is 162 Å². The largest absolute Gasteiger partial charge is 0.507 e. The van der Waals surface area contributed by atoms with Gasteiger partial charge in [-0.3, -0.25) is 10.1 Å². The molecule has 4 nitrogen and oxygen atoms in total. The van der Waals surface area contributed by atoms with Crippen LogP contribution in [0.25, 0.3) is 10.8 Å². The Morgan fingerprint density at radius 2 is 1.80 bits per heavy atom. The first kappa shape index (κ1) is 17.7. The number of benzene rings is 3. The number of phenols is 1. The van der Waals surface area contributed by atoms with Gasteiger partial charge in [-0.15, -0.1) is 0 Å². The molecule has 0 unspecified atom stereocenters. The summed E-state index contributed by atoms with van der Waals surface area (Å²) in [6.07, 6.45) is 0. The molecule has 0 spiro atoms. The van der Waals surface area contributed by atoms with E-state index in [2.05, 4.69) is 26.6 Å². The summed E-state index contributed by atoms with van der Waals surface area (Å²) in [5.74, 6) is -0.232. The van der Waals surface area contributed by atoms with Crippen LogP contribution in [0.15, 0.2) is 59.1 Å². The number of phenolic OH excluding ortho intramolecular Hbond substituents is 1. The molecule has 0 saturated heterocycles. The van der Waals surface area contributed by atoms with Gasteiger partial charge in [0.15, 0.2) is 5.11 Å². The summed E-state index contributed by atoms with van der Waals surface area (Å²) in [6, 6.07) is 15.6. The fourth-order valence-corrected chi connectivity index (χ4v) is 3.17. The van der Waals surface area contributed by atoms with Crippen molar-refractivity contribution >= 4 is 67.2 Å². The lowest BCUT2D eigenvalue weighted by atomic mass is 10.1. The summed E-state index contributed by atoms with van der Waals surface area (Å²) in [5, 5.41) is 17.5. The van der Waals surface area contributed by atoms with Gasteiger partial charge in [0.05, 0.1) is 10.6 Å². The van der Waals surface area contributed by atoms with Crippen molar-refractivity contribution in [2.24, 2.45) is 0 Å². The number of carbonyl (C=O) groups excluding carboxylic acids is 1. The van der Waals surface area contributed by atoms with E-state index < -0.39 is 5.91 Å². The van der Waals surface area contributed by atoms with Crippen molar-refractivity contribution in [3.05, 3.63) is 69.7 Å². The van der Waals surface area contributed by atoms with Crippen molar-refractivity contribution < 1.29 is 9.90 Å². The van der Waals surface area contributed by atoms with Gasteiger partial charge in [0, 0.05) is 20.9 Å². The molecule has 25 heavy (non-hydrogen) atoms. The molecule has 126 valence electrons. The molecule has 0 aromatic heterocycles. The first-order valence-electron chi connectivity index (χ1n) is 7.24. The highest BCUT2D eigenvalue weighted by molar-refractivity contribution is 9.10. The predicted molar refractivity (Wildman–Crippen MR) is 108 cm³/mol. The van der Waals surface area contributed by atoms with E-state index in [0.29, 0.717) is 21.7 Å². The first-order chi connectivity index (χ1) is 12.0. The van der Waals surface area contributed by atoms with Gasteiger partial charge in [0.2, 0.25) is 0 Å². The zero-order chi connectivity index (χ0) is 18.0. The summed E-state index contributed by atoms with van der Waals surface area (Å²) >= 11 is 14.6. The standard InChI is InChI=1S/C18H12BrClN2O2S/c19-10-7-8-14(20)13(9-10)17(24)22-18(25)21-15-5-1-4-12-11(15)3-2-6-16(12)23/h1-9,23H,(H2,21,22,24,25). The molecule has 3 rings (SSSR count). The number of rotatable bonds is 2. The lowest BCUT2D eigenvalue weighted by Gasteiger charge is -2.13. The van der Waals surface area contributed by atoms with Crippen molar-refractivity contribution in [2.75, 3.05) is 5.32 Å². The molecule has 0 heterocycles. The second-order valence-electron chi connectivity index (χ2n) is 5.21. The van der Waals surface area contributed by atoms with E-state index in [1.165, 1.54) is 0 Å². The minimum Gasteiger partial charge on any atom is -0.507 e. The molecular weight excluding hydrogens is 424 g/mol. The van der Waals surface area contributed by atoms with E-state index >= 15 is 0 Å². The molecule has 0 atom stereocenters. The highest BCUT2D eigenvalue weighted by Gasteiger charge is 2.13. The maximum atomic E-state index is 12.4. The van der Waals surface area contributed by atoms with Gasteiger partial charge in [-0.05, 0) is 42.5 Å². The highest BCUT2D eigenvalue weighted by Crippen LogP contribution is 2.29. The Morgan fingerprint density at radius 1 is 1.08 bits per heavy atom. The molecule has 3 N–H and O–H groups in total. The van der Waals surface area contributed by atoms with Gasteiger partial charge in [0.25, 0.3) is 5.91 Å². The van der Waals surface area contributed by atoms with Crippen LogP contribution in [-0.4, -0.2) is 16.1 Å². The Morgan fingerprint density at radius 3 is 2.60 bits per heavy atom. The van der Waals surface area contributed by atoms with Crippen molar-refractivity contribution in [1.82, 2.24) is 5.32 Å². The normalized spacial score (nSPS) is 10.5. The second kappa shape index (κ2) is 7.39. The molecule has 1 amide bonds. The monoisotopic (exact) mass is 434 g/mol. The number of fused-ring (bicyclic) bond motifs is 1. The van der Waals surface area contributed by atoms with Crippen molar-refractivity contribution in [1.29, 1.82) is 0 Å². The van der Waals surface area contributed by atoms with Gasteiger partial charge in [-0.2, -0.15) is 0 Å². The average molecular weight is 436 g/mol. The third-order valence-corrected chi connectivity index (χ3v) is 4.57. The summed E-state index contributed by atoms with van der Waals surface area (Å²) in [6.45, 7) is 0. The third kappa shape index (κ3) is 3.92. The number of thiocarbonyl (C=S) groups is 1. The predicted octanol–water partition coefficient (Wildman–Crippen LogP) is 5.09. The average Bonchev–Trinajstić information content (AvgIpc) is 2.58. The number of nitrogens with one attached hydrogen (secondary N) is 2. The van der Waals surface area contributed by atoms with Crippen LogP contribution in [0.1, 0.15) is 10.4 Å². The Hall–Kier alpha value is -2.15. The molecule has 0 bridgehead atoms. The minimum atomic E-state index is -0.410. The molecule has 0 fully saturated rings. The Bertz CT molecular complexity index is 994. The lowest BCUT2D eigenvalue weighted by Crippen LogP contribution is -2.34. The van der Waals surface area contributed by atoms with Crippen molar-refractivity contribution in [3.8, 4) is 5.75 Å². The van der Waals surface area contributed by atoms with Crippen LogP contribution >= 0.6 is 39.7 Å². The molecule has 0 saturated carbocycles. The topological polar surface area (TPSA) is 61.4 Å². The van der Waals surface area contributed by atoms with E-state index in [9.17, 15) is 9.90 Å². The first-order valence-corrected chi connectivity index (χ1v) is 8.82. The van der Waals surface area contributed by atoms with E-state index in [1.807, 2.05) is 12.1 Å². The van der Waals surface area contributed by atoms with Crippen LogP contribution in [0, 0.1) is 0 Å². The molecule has 3 aromatic carbocycles. The summed E-state index contributed by atoms with van der Waals surface area (Å²) in [4.78, 5) is 12.4. The van der Waals surface area contributed by atoms with Crippen LogP contribution < -0.4 is 10.6 Å². The van der Waals surface area contributed by atoms with Gasteiger partial charge < -0.3 is 10.4 Å². The number of amides is 1. The van der Waals surface area contributed by atoms with Gasteiger partial charge in [-0.25, -0.2) is 0 Å². The quantitative estimate of drug-likeness (QED) is 0.491. The van der Waals surface area contributed by atoms with Crippen LogP contribution in [0.2, 0.25) is 5.02 Å². The molecule has 7 heteroatoms. The summed E-state index contributed by atoms with van der Waals surface area (Å²) < 4.78 is 0.741. The minimum absolute atomic E-state index is 0.136. The summed E-state index contributed by atoms with van der Waals surface area (Å²) in [5.41, 5.74) is 0.995. The number of hydrogen-bond acceptors (Lipinski definition) is 3. The van der Waals surface area contributed by atoms with Crippen LogP contribution in [0.5, 0.6) is 5.75 Å². The Balaban J connectivity index is 1.80. The molecular formula is C18H12BrClN2O2S. The second-order valence-corrected chi connectivity index (χ2v) is 6.94. The Kier molecular flexibility index (Phi) is 5.22. The molecule has 0 aliphatic heterocycles. The molecule has 0 aliphatic rings. The van der Waals surface area contributed by atoms with Gasteiger partial charge in [-0.1, -0.05) is 51.8 Å². The molecule has 0 radical (unpaired) electrons. The van der Waals surface area contributed by atoms with Gasteiger partial charge >= 0.3 is 0 Å². The summed E-state index contributed by atoms with van der Waals surface area (Å²) in [7, 11) is 0. The van der Waals surface area contributed by atoms with Gasteiger partial charge in [0.1, 0.15) is 5.75 Å².